The molecule has 0 spiro atoms. The summed E-state index contributed by atoms with van der Waals surface area (Å²) in [6.07, 6.45) is 1.54. The number of carbonyl (C=O) groups excluding carboxylic acids is 1. The molecule has 6 nitrogen and oxygen atoms in total. The molecule has 0 unspecified atom stereocenters. The Morgan fingerprint density at radius 1 is 0.795 bits per heavy atom. The predicted molar refractivity (Wildman–Crippen MR) is 156 cm³/mol. The Labute approximate surface area is 242 Å². The first-order chi connectivity index (χ1) is 18.9. The lowest BCUT2D eigenvalue weighted by Crippen LogP contribution is -2.17. The lowest BCUT2D eigenvalue weighted by atomic mass is 10.2. The summed E-state index contributed by atoms with van der Waals surface area (Å²) >= 11 is 18.0. The second-order valence-corrected chi connectivity index (χ2v) is 9.58. The molecule has 0 aliphatic rings. The Bertz CT molecular complexity index is 1440. The second kappa shape index (κ2) is 13.9. The highest BCUT2D eigenvalue weighted by Gasteiger charge is 2.08. The van der Waals surface area contributed by atoms with Crippen LogP contribution >= 0.6 is 34.8 Å². The van der Waals surface area contributed by atoms with Crippen LogP contribution in [-0.2, 0) is 13.2 Å². The van der Waals surface area contributed by atoms with Gasteiger partial charge in [-0.05, 0) is 84.8 Å². The fraction of sp³-hybridized carbons (Fsp3) is 0.133. The maximum absolute atomic E-state index is 12.5. The van der Waals surface area contributed by atoms with Crippen LogP contribution in [0.25, 0.3) is 0 Å². The number of carbonyl (C=O) groups is 1. The number of halogens is 3. The predicted octanol–water partition coefficient (Wildman–Crippen LogP) is 7.97. The Hall–Kier alpha value is -3.71. The zero-order valence-corrected chi connectivity index (χ0v) is 23.3. The smallest absolute Gasteiger partial charge is 0.271 e. The number of ether oxygens (including phenoxy) is 3. The van der Waals surface area contributed by atoms with E-state index in [0.29, 0.717) is 51.1 Å². The third-order valence-corrected chi connectivity index (χ3v) is 6.32. The molecule has 200 valence electrons. The number of nitrogens with zero attached hydrogens (tertiary/aromatic N) is 1. The van der Waals surface area contributed by atoms with Gasteiger partial charge >= 0.3 is 0 Å². The number of hydrazone groups is 1. The zero-order chi connectivity index (χ0) is 27.6. The minimum atomic E-state index is -0.355. The largest absolute Gasteiger partial charge is 0.490 e. The highest BCUT2D eigenvalue weighted by molar-refractivity contribution is 6.35. The maximum atomic E-state index is 12.5. The summed E-state index contributed by atoms with van der Waals surface area (Å²) in [5.41, 5.74) is 5.50. The normalized spacial score (nSPS) is 10.9. The van der Waals surface area contributed by atoms with E-state index in [1.165, 1.54) is 6.21 Å². The quantitative estimate of drug-likeness (QED) is 0.144. The van der Waals surface area contributed by atoms with Crippen molar-refractivity contribution in [1.82, 2.24) is 5.43 Å². The molecule has 4 rings (SSSR count). The fourth-order valence-corrected chi connectivity index (χ4v) is 4.06. The van der Waals surface area contributed by atoms with Gasteiger partial charge in [-0.25, -0.2) is 5.43 Å². The Morgan fingerprint density at radius 3 is 2.26 bits per heavy atom. The number of nitrogens with one attached hydrogen (secondary N) is 1. The minimum Gasteiger partial charge on any atom is -0.490 e. The van der Waals surface area contributed by atoms with Crippen molar-refractivity contribution in [1.29, 1.82) is 0 Å². The van der Waals surface area contributed by atoms with Crippen molar-refractivity contribution in [2.24, 2.45) is 5.10 Å². The summed E-state index contributed by atoms with van der Waals surface area (Å²) in [6.45, 7) is 3.02. The van der Waals surface area contributed by atoms with Crippen LogP contribution in [0, 0.1) is 0 Å². The summed E-state index contributed by atoms with van der Waals surface area (Å²) in [4.78, 5) is 12.5. The first kappa shape index (κ1) is 28.3. The number of hydrogen-bond acceptors (Lipinski definition) is 5. The standard InChI is InChI=1S/C30H25Cl3N2O4/c1-2-37-29-15-21(5-14-28(29)39-18-20-3-9-24(31)10-4-20)17-34-35-30(36)22-7-12-26(13-8-22)38-19-23-6-11-25(32)16-27(23)33/h3-17H,2,18-19H2,1H3,(H,35,36)/b34-17+. The number of benzene rings is 4. The third-order valence-electron chi connectivity index (χ3n) is 5.48. The lowest BCUT2D eigenvalue weighted by Gasteiger charge is -2.12. The molecule has 0 fully saturated rings. The second-order valence-electron chi connectivity index (χ2n) is 8.30. The van der Waals surface area contributed by atoms with Gasteiger partial charge in [-0.2, -0.15) is 5.10 Å². The number of hydrogen-bond donors (Lipinski definition) is 1. The van der Waals surface area contributed by atoms with E-state index >= 15 is 0 Å². The summed E-state index contributed by atoms with van der Waals surface area (Å²) in [5.74, 6) is 1.43. The van der Waals surface area contributed by atoms with Crippen LogP contribution in [0.15, 0.2) is 90.0 Å². The van der Waals surface area contributed by atoms with Gasteiger partial charge in [-0.3, -0.25) is 4.79 Å². The molecule has 1 amide bonds. The molecule has 0 heterocycles. The van der Waals surface area contributed by atoms with Gasteiger partial charge in [-0.15, -0.1) is 0 Å². The van der Waals surface area contributed by atoms with Crippen molar-refractivity contribution in [2.45, 2.75) is 20.1 Å². The van der Waals surface area contributed by atoms with Crippen molar-refractivity contribution in [2.75, 3.05) is 6.61 Å². The number of rotatable bonds is 11. The molecule has 0 aromatic heterocycles. The van der Waals surface area contributed by atoms with Crippen molar-refractivity contribution in [3.63, 3.8) is 0 Å². The molecule has 0 atom stereocenters. The average molecular weight is 584 g/mol. The molecular formula is C30H25Cl3N2O4. The Balaban J connectivity index is 1.31. The van der Waals surface area contributed by atoms with Crippen molar-refractivity contribution in [3.05, 3.63) is 122 Å². The van der Waals surface area contributed by atoms with E-state index < -0.39 is 0 Å². The molecule has 1 N–H and O–H groups in total. The molecule has 0 aliphatic heterocycles. The highest BCUT2D eigenvalue weighted by Crippen LogP contribution is 2.29. The first-order valence-electron chi connectivity index (χ1n) is 12.1. The monoisotopic (exact) mass is 582 g/mol. The summed E-state index contributed by atoms with van der Waals surface area (Å²) < 4.78 is 17.4. The third kappa shape index (κ3) is 8.39. The van der Waals surface area contributed by atoms with E-state index in [0.717, 1.165) is 16.7 Å². The van der Waals surface area contributed by atoms with Gasteiger partial charge in [0.2, 0.25) is 0 Å². The molecule has 0 saturated carbocycles. The van der Waals surface area contributed by atoms with Crippen LogP contribution in [0.3, 0.4) is 0 Å². The summed E-state index contributed by atoms with van der Waals surface area (Å²) in [7, 11) is 0. The lowest BCUT2D eigenvalue weighted by molar-refractivity contribution is 0.0955. The van der Waals surface area contributed by atoms with Crippen molar-refractivity contribution >= 4 is 46.9 Å². The van der Waals surface area contributed by atoms with Gasteiger partial charge in [0, 0.05) is 26.2 Å². The van der Waals surface area contributed by atoms with Crippen LogP contribution in [0.1, 0.15) is 34.0 Å². The average Bonchev–Trinajstić information content (AvgIpc) is 2.93. The maximum Gasteiger partial charge on any atom is 0.271 e. The van der Waals surface area contributed by atoms with Gasteiger partial charge in [0.1, 0.15) is 19.0 Å². The van der Waals surface area contributed by atoms with E-state index in [9.17, 15) is 4.79 Å². The zero-order valence-electron chi connectivity index (χ0n) is 21.0. The van der Waals surface area contributed by atoms with Gasteiger partial charge in [0.25, 0.3) is 5.91 Å². The van der Waals surface area contributed by atoms with Crippen LogP contribution in [-0.4, -0.2) is 18.7 Å². The van der Waals surface area contributed by atoms with Crippen molar-refractivity contribution in [3.8, 4) is 17.2 Å². The van der Waals surface area contributed by atoms with E-state index in [2.05, 4.69) is 10.5 Å². The Morgan fingerprint density at radius 2 is 1.54 bits per heavy atom. The SMILES string of the molecule is CCOc1cc(/C=N/NC(=O)c2ccc(OCc3ccc(Cl)cc3Cl)cc2)ccc1OCc1ccc(Cl)cc1. The van der Waals surface area contributed by atoms with E-state index in [-0.39, 0.29) is 12.5 Å². The fourth-order valence-electron chi connectivity index (χ4n) is 3.47. The molecule has 4 aromatic rings. The molecule has 0 aliphatic carbocycles. The van der Waals surface area contributed by atoms with E-state index in [4.69, 9.17) is 49.0 Å². The highest BCUT2D eigenvalue weighted by atomic mass is 35.5. The van der Waals surface area contributed by atoms with E-state index in [1.807, 2.05) is 43.3 Å². The molecule has 0 saturated heterocycles. The van der Waals surface area contributed by atoms with Crippen LogP contribution in [0.4, 0.5) is 0 Å². The first-order valence-corrected chi connectivity index (χ1v) is 13.2. The molecule has 9 heteroatoms. The van der Waals surface area contributed by atoms with Gasteiger partial charge in [0.05, 0.1) is 12.8 Å². The van der Waals surface area contributed by atoms with Crippen LogP contribution < -0.4 is 19.6 Å². The van der Waals surface area contributed by atoms with Gasteiger partial charge in [0.15, 0.2) is 11.5 Å². The summed E-state index contributed by atoms with van der Waals surface area (Å²) in [5, 5.41) is 5.84. The van der Waals surface area contributed by atoms with Crippen LogP contribution in [0.2, 0.25) is 15.1 Å². The summed E-state index contributed by atoms with van der Waals surface area (Å²) in [6, 6.07) is 24.8. The van der Waals surface area contributed by atoms with Crippen molar-refractivity contribution < 1.29 is 19.0 Å². The minimum absolute atomic E-state index is 0.278. The topological polar surface area (TPSA) is 69.2 Å². The molecule has 39 heavy (non-hydrogen) atoms. The van der Waals surface area contributed by atoms with E-state index in [1.54, 1.807) is 48.5 Å². The molecule has 0 bridgehead atoms. The molecular weight excluding hydrogens is 559 g/mol. The van der Waals surface area contributed by atoms with Gasteiger partial charge < -0.3 is 14.2 Å². The van der Waals surface area contributed by atoms with Gasteiger partial charge in [-0.1, -0.05) is 53.0 Å². The molecule has 0 radical (unpaired) electrons. The number of amides is 1. The Kier molecular flexibility index (Phi) is 10.1. The van der Waals surface area contributed by atoms with Crippen LogP contribution in [0.5, 0.6) is 17.2 Å². The molecule has 4 aromatic carbocycles.